The summed E-state index contributed by atoms with van der Waals surface area (Å²) in [6.07, 6.45) is 2.38. The summed E-state index contributed by atoms with van der Waals surface area (Å²) in [6, 6.07) is 0. The lowest BCUT2D eigenvalue weighted by Crippen LogP contribution is -2.13. The number of amides is 1. The molecule has 1 aromatic heterocycles. The number of primary amides is 1. The van der Waals surface area contributed by atoms with E-state index in [1.807, 2.05) is 0 Å². The molecule has 1 aromatic rings. The standard InChI is InChI=1S/C8H12BrN5O/c9-6-7(11)13-4-14-8(6)12-3-1-2-5(10)15/h4H,1-3H2,(H2,10,15)(H3,11,12,13,14). The third kappa shape index (κ3) is 3.70. The van der Waals surface area contributed by atoms with Gasteiger partial charge in [0.2, 0.25) is 5.91 Å². The molecule has 0 aliphatic rings. The summed E-state index contributed by atoms with van der Waals surface area (Å²) in [7, 11) is 0. The fraction of sp³-hybridized carbons (Fsp3) is 0.375. The Morgan fingerprint density at radius 1 is 1.53 bits per heavy atom. The van der Waals surface area contributed by atoms with Crippen LogP contribution in [0.4, 0.5) is 11.6 Å². The van der Waals surface area contributed by atoms with Crippen LogP contribution < -0.4 is 16.8 Å². The molecule has 0 unspecified atom stereocenters. The second-order valence-corrected chi connectivity index (χ2v) is 3.71. The van der Waals surface area contributed by atoms with Gasteiger partial charge in [0.25, 0.3) is 0 Å². The molecule has 1 heterocycles. The normalized spacial score (nSPS) is 9.93. The van der Waals surface area contributed by atoms with E-state index in [-0.39, 0.29) is 5.91 Å². The highest BCUT2D eigenvalue weighted by atomic mass is 79.9. The number of hydrogen-bond acceptors (Lipinski definition) is 5. The number of rotatable bonds is 5. The quantitative estimate of drug-likeness (QED) is 0.678. The number of nitrogen functional groups attached to an aromatic ring is 1. The fourth-order valence-electron chi connectivity index (χ4n) is 0.976. The molecule has 6 nitrogen and oxygen atoms in total. The van der Waals surface area contributed by atoms with E-state index in [4.69, 9.17) is 11.5 Å². The Hall–Kier alpha value is -1.37. The van der Waals surface area contributed by atoms with E-state index in [2.05, 4.69) is 31.2 Å². The highest BCUT2D eigenvalue weighted by Crippen LogP contribution is 2.23. The number of nitrogens with zero attached hydrogens (tertiary/aromatic N) is 2. The largest absolute Gasteiger partial charge is 0.383 e. The van der Waals surface area contributed by atoms with Gasteiger partial charge in [-0.15, -0.1) is 0 Å². The summed E-state index contributed by atoms with van der Waals surface area (Å²) in [5, 5.41) is 3.02. The average molecular weight is 274 g/mol. The van der Waals surface area contributed by atoms with Crippen LogP contribution in [0, 0.1) is 0 Å². The highest BCUT2D eigenvalue weighted by Gasteiger charge is 2.04. The molecule has 0 spiro atoms. The second-order valence-electron chi connectivity index (χ2n) is 2.92. The maximum atomic E-state index is 10.5. The van der Waals surface area contributed by atoms with Gasteiger partial charge >= 0.3 is 0 Å². The minimum Gasteiger partial charge on any atom is -0.383 e. The van der Waals surface area contributed by atoms with E-state index < -0.39 is 0 Å². The zero-order valence-electron chi connectivity index (χ0n) is 8.03. The molecule has 0 aliphatic carbocycles. The van der Waals surface area contributed by atoms with Crippen molar-refractivity contribution in [1.29, 1.82) is 0 Å². The molecule has 15 heavy (non-hydrogen) atoms. The van der Waals surface area contributed by atoms with Crippen molar-refractivity contribution < 1.29 is 4.79 Å². The monoisotopic (exact) mass is 273 g/mol. The first-order valence-corrected chi connectivity index (χ1v) is 5.18. The molecule has 0 radical (unpaired) electrons. The van der Waals surface area contributed by atoms with Crippen LogP contribution in [-0.4, -0.2) is 22.4 Å². The number of nitrogens with one attached hydrogen (secondary N) is 1. The number of halogens is 1. The zero-order valence-corrected chi connectivity index (χ0v) is 9.62. The average Bonchev–Trinajstić information content (AvgIpc) is 2.18. The fourth-order valence-corrected chi connectivity index (χ4v) is 1.32. The van der Waals surface area contributed by atoms with E-state index in [1.54, 1.807) is 0 Å². The summed E-state index contributed by atoms with van der Waals surface area (Å²) < 4.78 is 0.629. The third-order valence-corrected chi connectivity index (χ3v) is 2.49. The van der Waals surface area contributed by atoms with Gasteiger partial charge in [-0.05, 0) is 22.4 Å². The first-order valence-electron chi connectivity index (χ1n) is 4.39. The maximum absolute atomic E-state index is 10.5. The Balaban J connectivity index is 2.44. The summed E-state index contributed by atoms with van der Waals surface area (Å²) in [5.74, 6) is 0.687. The summed E-state index contributed by atoms with van der Waals surface area (Å²) in [4.78, 5) is 18.3. The van der Waals surface area contributed by atoms with Gasteiger partial charge in [0.15, 0.2) is 0 Å². The van der Waals surface area contributed by atoms with Crippen LogP contribution in [0.15, 0.2) is 10.8 Å². The van der Waals surface area contributed by atoms with Crippen molar-refractivity contribution in [3.05, 3.63) is 10.8 Å². The van der Waals surface area contributed by atoms with Gasteiger partial charge < -0.3 is 16.8 Å². The van der Waals surface area contributed by atoms with Crippen molar-refractivity contribution in [2.75, 3.05) is 17.6 Å². The lowest BCUT2D eigenvalue weighted by Gasteiger charge is -2.07. The molecule has 0 bridgehead atoms. The van der Waals surface area contributed by atoms with Gasteiger partial charge in [0.05, 0.1) is 0 Å². The van der Waals surface area contributed by atoms with Crippen LogP contribution in [0.2, 0.25) is 0 Å². The van der Waals surface area contributed by atoms with Gasteiger partial charge in [0, 0.05) is 13.0 Å². The third-order valence-electron chi connectivity index (χ3n) is 1.71. The molecule has 7 heteroatoms. The second kappa shape index (κ2) is 5.50. The molecular weight excluding hydrogens is 262 g/mol. The van der Waals surface area contributed by atoms with Crippen molar-refractivity contribution in [2.24, 2.45) is 5.73 Å². The van der Waals surface area contributed by atoms with Gasteiger partial charge in [-0.1, -0.05) is 0 Å². The van der Waals surface area contributed by atoms with Crippen molar-refractivity contribution in [3.63, 3.8) is 0 Å². The number of nitrogens with two attached hydrogens (primary N) is 2. The predicted octanol–water partition coefficient (Wildman–Crippen LogP) is 0.499. The van der Waals surface area contributed by atoms with Crippen LogP contribution in [0.1, 0.15) is 12.8 Å². The van der Waals surface area contributed by atoms with E-state index in [0.717, 1.165) is 0 Å². The first-order chi connectivity index (χ1) is 7.11. The van der Waals surface area contributed by atoms with Gasteiger partial charge in [-0.25, -0.2) is 9.97 Å². The number of carbonyl (C=O) groups excluding carboxylic acids is 1. The van der Waals surface area contributed by atoms with Crippen molar-refractivity contribution in [2.45, 2.75) is 12.8 Å². The Bertz CT molecular complexity index is 357. The molecule has 82 valence electrons. The molecule has 0 saturated heterocycles. The molecule has 1 amide bonds. The van der Waals surface area contributed by atoms with E-state index >= 15 is 0 Å². The van der Waals surface area contributed by atoms with Gasteiger partial charge in [0.1, 0.15) is 22.4 Å². The van der Waals surface area contributed by atoms with Gasteiger partial charge in [-0.2, -0.15) is 0 Å². The summed E-state index contributed by atoms with van der Waals surface area (Å²) in [6.45, 7) is 0.609. The van der Waals surface area contributed by atoms with E-state index in [1.165, 1.54) is 6.33 Å². The minimum absolute atomic E-state index is 0.307. The maximum Gasteiger partial charge on any atom is 0.217 e. The Labute approximate surface area is 95.6 Å². The van der Waals surface area contributed by atoms with E-state index in [0.29, 0.717) is 35.5 Å². The van der Waals surface area contributed by atoms with Crippen LogP contribution >= 0.6 is 15.9 Å². The van der Waals surface area contributed by atoms with Crippen molar-refractivity contribution in [3.8, 4) is 0 Å². The van der Waals surface area contributed by atoms with Crippen molar-refractivity contribution >= 4 is 33.5 Å². The predicted molar refractivity (Wildman–Crippen MR) is 61.1 cm³/mol. The number of anilines is 2. The van der Waals surface area contributed by atoms with Crippen LogP contribution in [0.25, 0.3) is 0 Å². The topological polar surface area (TPSA) is 107 Å². The lowest BCUT2D eigenvalue weighted by molar-refractivity contribution is -0.118. The molecule has 1 rings (SSSR count). The summed E-state index contributed by atoms with van der Waals surface area (Å²) in [5.41, 5.74) is 10.6. The number of aromatic nitrogens is 2. The zero-order chi connectivity index (χ0) is 11.3. The van der Waals surface area contributed by atoms with Crippen LogP contribution in [-0.2, 0) is 4.79 Å². The minimum atomic E-state index is -0.307. The molecule has 5 N–H and O–H groups in total. The molecule has 0 fully saturated rings. The Kier molecular flexibility index (Phi) is 4.29. The van der Waals surface area contributed by atoms with Crippen molar-refractivity contribution in [1.82, 2.24) is 9.97 Å². The molecular formula is C8H12BrN5O. The molecule has 0 aliphatic heterocycles. The lowest BCUT2D eigenvalue weighted by atomic mass is 10.3. The Morgan fingerprint density at radius 2 is 2.27 bits per heavy atom. The van der Waals surface area contributed by atoms with Crippen LogP contribution in [0.3, 0.4) is 0 Å². The highest BCUT2D eigenvalue weighted by molar-refractivity contribution is 9.10. The first kappa shape index (κ1) is 11.7. The number of carbonyl (C=O) groups is 1. The SMILES string of the molecule is NC(=O)CCCNc1ncnc(N)c1Br. The molecule has 0 saturated carbocycles. The number of hydrogen-bond donors (Lipinski definition) is 3. The van der Waals surface area contributed by atoms with Gasteiger partial charge in [-0.3, -0.25) is 4.79 Å². The smallest absolute Gasteiger partial charge is 0.217 e. The summed E-state index contributed by atoms with van der Waals surface area (Å²) >= 11 is 3.26. The van der Waals surface area contributed by atoms with Crippen LogP contribution in [0.5, 0.6) is 0 Å². The molecule has 0 aromatic carbocycles. The molecule has 0 atom stereocenters. The Morgan fingerprint density at radius 3 is 2.93 bits per heavy atom. The van der Waals surface area contributed by atoms with E-state index in [9.17, 15) is 4.79 Å².